The van der Waals surface area contributed by atoms with Crippen molar-refractivity contribution in [1.29, 1.82) is 0 Å². The zero-order chi connectivity index (χ0) is 14.8. The molecule has 1 rings (SSSR count). The molecule has 0 bridgehead atoms. The van der Waals surface area contributed by atoms with Gasteiger partial charge in [0.25, 0.3) is 5.91 Å². The van der Waals surface area contributed by atoms with Crippen LogP contribution in [0.15, 0.2) is 16.6 Å². The number of nitrogens with one attached hydrogen (secondary N) is 2. The van der Waals surface area contributed by atoms with Crippen LogP contribution in [0, 0.1) is 5.82 Å². The molecule has 1 aromatic carbocycles. The highest BCUT2D eigenvalue weighted by Gasteiger charge is 2.26. The standard InChI is InChI=1S/C13H18BrFN2O2/c1-7(2)16-10-6-8(14)5-9(15)11(10)17-12(18)13(3,4)19/h5-7,16,19H,1-4H3,(H,17,18). The van der Waals surface area contributed by atoms with Gasteiger partial charge < -0.3 is 15.7 Å². The van der Waals surface area contributed by atoms with Gasteiger partial charge in [-0.15, -0.1) is 0 Å². The zero-order valence-electron chi connectivity index (χ0n) is 11.3. The average molecular weight is 333 g/mol. The van der Waals surface area contributed by atoms with Crippen LogP contribution in [0.3, 0.4) is 0 Å². The summed E-state index contributed by atoms with van der Waals surface area (Å²) < 4.78 is 14.5. The van der Waals surface area contributed by atoms with E-state index in [2.05, 4.69) is 26.6 Å². The summed E-state index contributed by atoms with van der Waals surface area (Å²) >= 11 is 3.20. The summed E-state index contributed by atoms with van der Waals surface area (Å²) in [5.74, 6) is -1.24. The molecule has 4 nitrogen and oxygen atoms in total. The Morgan fingerprint density at radius 1 is 1.42 bits per heavy atom. The van der Waals surface area contributed by atoms with Crippen LogP contribution in [0.2, 0.25) is 0 Å². The number of carbonyl (C=O) groups excluding carboxylic acids is 1. The minimum atomic E-state index is -1.57. The Kier molecular flexibility index (Phi) is 4.92. The smallest absolute Gasteiger partial charge is 0.255 e. The molecule has 106 valence electrons. The molecule has 0 aromatic heterocycles. The lowest BCUT2D eigenvalue weighted by Gasteiger charge is -2.20. The summed E-state index contributed by atoms with van der Waals surface area (Å²) in [7, 11) is 0. The topological polar surface area (TPSA) is 61.4 Å². The first-order valence-electron chi connectivity index (χ1n) is 5.90. The highest BCUT2D eigenvalue weighted by molar-refractivity contribution is 9.10. The number of halogens is 2. The number of carbonyl (C=O) groups is 1. The van der Waals surface area contributed by atoms with Crippen LogP contribution >= 0.6 is 15.9 Å². The molecule has 0 aliphatic rings. The summed E-state index contributed by atoms with van der Waals surface area (Å²) in [6, 6.07) is 3.00. The third-order valence-electron chi connectivity index (χ3n) is 2.29. The lowest BCUT2D eigenvalue weighted by molar-refractivity contribution is -0.130. The Labute approximate surface area is 120 Å². The van der Waals surface area contributed by atoms with E-state index >= 15 is 0 Å². The molecular formula is C13H18BrFN2O2. The molecule has 6 heteroatoms. The monoisotopic (exact) mass is 332 g/mol. The number of amides is 1. The average Bonchev–Trinajstić information content (AvgIpc) is 2.20. The predicted octanol–water partition coefficient (Wildman–Crippen LogP) is 3.12. The van der Waals surface area contributed by atoms with Crippen molar-refractivity contribution in [3.05, 3.63) is 22.4 Å². The van der Waals surface area contributed by atoms with Gasteiger partial charge in [-0.05, 0) is 39.8 Å². The van der Waals surface area contributed by atoms with E-state index in [-0.39, 0.29) is 11.7 Å². The van der Waals surface area contributed by atoms with Gasteiger partial charge in [-0.1, -0.05) is 15.9 Å². The van der Waals surface area contributed by atoms with Crippen molar-refractivity contribution in [2.45, 2.75) is 39.3 Å². The van der Waals surface area contributed by atoms with Crippen molar-refractivity contribution in [2.24, 2.45) is 0 Å². The molecule has 0 aliphatic carbocycles. The summed E-state index contributed by atoms with van der Waals surface area (Å²) in [6.45, 7) is 6.49. The second-order valence-corrected chi connectivity index (χ2v) is 6.04. The number of anilines is 2. The van der Waals surface area contributed by atoms with Crippen molar-refractivity contribution >= 4 is 33.2 Å². The summed E-state index contributed by atoms with van der Waals surface area (Å²) in [4.78, 5) is 11.7. The summed E-state index contributed by atoms with van der Waals surface area (Å²) in [5.41, 5.74) is -1.09. The number of hydrogen-bond donors (Lipinski definition) is 3. The molecular weight excluding hydrogens is 315 g/mol. The molecule has 0 fully saturated rings. The Morgan fingerprint density at radius 2 is 2.00 bits per heavy atom. The van der Waals surface area contributed by atoms with Gasteiger partial charge in [-0.2, -0.15) is 0 Å². The molecule has 0 radical (unpaired) electrons. The normalized spacial score (nSPS) is 11.6. The Balaban J connectivity index is 3.14. The fourth-order valence-corrected chi connectivity index (χ4v) is 1.82. The minimum absolute atomic E-state index is 0.0315. The molecule has 1 amide bonds. The molecule has 0 saturated carbocycles. The number of rotatable bonds is 4. The zero-order valence-corrected chi connectivity index (χ0v) is 12.9. The van der Waals surface area contributed by atoms with Crippen LogP contribution < -0.4 is 10.6 Å². The van der Waals surface area contributed by atoms with E-state index in [0.29, 0.717) is 10.2 Å². The molecule has 1 aromatic rings. The highest BCUT2D eigenvalue weighted by atomic mass is 79.9. The van der Waals surface area contributed by atoms with Gasteiger partial charge in [0, 0.05) is 10.5 Å². The number of benzene rings is 1. The molecule has 0 aliphatic heterocycles. The van der Waals surface area contributed by atoms with Crippen molar-refractivity contribution < 1.29 is 14.3 Å². The molecule has 0 spiro atoms. The first-order valence-corrected chi connectivity index (χ1v) is 6.70. The second-order valence-electron chi connectivity index (χ2n) is 5.12. The minimum Gasteiger partial charge on any atom is -0.381 e. The van der Waals surface area contributed by atoms with E-state index in [1.165, 1.54) is 19.9 Å². The Bertz CT molecular complexity index is 484. The van der Waals surface area contributed by atoms with Crippen molar-refractivity contribution in [3.8, 4) is 0 Å². The van der Waals surface area contributed by atoms with Crippen LogP contribution in [0.1, 0.15) is 27.7 Å². The Hall–Kier alpha value is -1.14. The molecule has 3 N–H and O–H groups in total. The van der Waals surface area contributed by atoms with Gasteiger partial charge in [0.1, 0.15) is 17.1 Å². The first kappa shape index (κ1) is 15.9. The maximum absolute atomic E-state index is 13.9. The summed E-state index contributed by atoms with van der Waals surface area (Å²) in [6.07, 6.45) is 0. The van der Waals surface area contributed by atoms with E-state index in [4.69, 9.17) is 0 Å². The van der Waals surface area contributed by atoms with Crippen molar-refractivity contribution in [2.75, 3.05) is 10.6 Å². The first-order chi connectivity index (χ1) is 8.61. The van der Waals surface area contributed by atoms with Crippen LogP contribution in [-0.2, 0) is 4.79 Å². The van der Waals surface area contributed by atoms with E-state index in [1.54, 1.807) is 6.07 Å². The number of aliphatic hydroxyl groups is 1. The maximum Gasteiger partial charge on any atom is 0.255 e. The molecule has 0 atom stereocenters. The van der Waals surface area contributed by atoms with Gasteiger partial charge in [0.05, 0.1) is 5.69 Å². The fraction of sp³-hybridized carbons (Fsp3) is 0.462. The predicted molar refractivity (Wildman–Crippen MR) is 77.8 cm³/mol. The SMILES string of the molecule is CC(C)Nc1cc(Br)cc(F)c1NC(=O)C(C)(C)O. The van der Waals surface area contributed by atoms with Crippen LogP contribution in [0.4, 0.5) is 15.8 Å². The van der Waals surface area contributed by atoms with Gasteiger partial charge in [0.2, 0.25) is 0 Å². The van der Waals surface area contributed by atoms with E-state index < -0.39 is 17.3 Å². The van der Waals surface area contributed by atoms with Gasteiger partial charge >= 0.3 is 0 Å². The third kappa shape index (κ3) is 4.47. The third-order valence-corrected chi connectivity index (χ3v) is 2.75. The molecule has 0 saturated heterocycles. The van der Waals surface area contributed by atoms with E-state index in [0.717, 1.165) is 0 Å². The van der Waals surface area contributed by atoms with Crippen LogP contribution in [0.5, 0.6) is 0 Å². The summed E-state index contributed by atoms with van der Waals surface area (Å²) in [5, 5.41) is 15.1. The van der Waals surface area contributed by atoms with Gasteiger partial charge in [-0.25, -0.2) is 4.39 Å². The molecule has 0 heterocycles. The van der Waals surface area contributed by atoms with Crippen LogP contribution in [0.25, 0.3) is 0 Å². The quantitative estimate of drug-likeness (QED) is 0.793. The van der Waals surface area contributed by atoms with E-state index in [1.807, 2.05) is 13.8 Å². The molecule has 0 unspecified atom stereocenters. The highest BCUT2D eigenvalue weighted by Crippen LogP contribution is 2.30. The lowest BCUT2D eigenvalue weighted by atomic mass is 10.1. The van der Waals surface area contributed by atoms with Crippen molar-refractivity contribution in [1.82, 2.24) is 0 Å². The Morgan fingerprint density at radius 3 is 2.47 bits per heavy atom. The van der Waals surface area contributed by atoms with Gasteiger partial charge in [0.15, 0.2) is 0 Å². The molecule has 19 heavy (non-hydrogen) atoms. The van der Waals surface area contributed by atoms with Crippen LogP contribution in [-0.4, -0.2) is 22.7 Å². The maximum atomic E-state index is 13.9. The van der Waals surface area contributed by atoms with E-state index in [9.17, 15) is 14.3 Å². The van der Waals surface area contributed by atoms with Crippen molar-refractivity contribution in [3.63, 3.8) is 0 Å². The fourth-order valence-electron chi connectivity index (χ4n) is 1.39. The van der Waals surface area contributed by atoms with Gasteiger partial charge in [-0.3, -0.25) is 4.79 Å². The number of hydrogen-bond acceptors (Lipinski definition) is 3. The lowest BCUT2D eigenvalue weighted by Crippen LogP contribution is -2.37. The largest absolute Gasteiger partial charge is 0.381 e. The second kappa shape index (κ2) is 5.88.